The van der Waals surface area contributed by atoms with Crippen LogP contribution in [-0.2, 0) is 31.1 Å². The molecule has 2 amide bonds. The monoisotopic (exact) mass is 408 g/mol. The van der Waals surface area contributed by atoms with E-state index in [9.17, 15) is 14.4 Å². The first kappa shape index (κ1) is 22.8. The van der Waals surface area contributed by atoms with Gasteiger partial charge in [0.1, 0.15) is 11.1 Å². The Bertz CT molecular complexity index is 724. The lowest BCUT2D eigenvalue weighted by Gasteiger charge is -2.30. The number of carbonyl (C=O) groups excluding carboxylic acids is 3. The highest BCUT2D eigenvalue weighted by Gasteiger charge is 2.38. The minimum atomic E-state index is -1.07. The second-order valence-corrected chi connectivity index (χ2v) is 7.91. The number of rotatable bonds is 8. The number of carbonyl (C=O) groups is 3. The number of aryl methyl sites for hydroxylation is 1. The highest BCUT2D eigenvalue weighted by Crippen LogP contribution is 2.34. The van der Waals surface area contributed by atoms with Gasteiger partial charge in [0.25, 0.3) is 0 Å². The minimum Gasteiger partial charge on any atom is -0.467 e. The van der Waals surface area contributed by atoms with Crippen LogP contribution in [0.15, 0.2) is 4.52 Å². The van der Waals surface area contributed by atoms with Gasteiger partial charge >= 0.3 is 5.97 Å². The molecule has 1 atom stereocenters. The summed E-state index contributed by atoms with van der Waals surface area (Å²) < 4.78 is 10.1. The van der Waals surface area contributed by atoms with Crippen molar-refractivity contribution in [1.82, 2.24) is 20.8 Å². The van der Waals surface area contributed by atoms with Gasteiger partial charge in [0, 0.05) is 19.8 Å². The fourth-order valence-corrected chi connectivity index (χ4v) is 3.72. The number of ether oxygens (including phenoxy) is 1. The Labute approximate surface area is 171 Å². The lowest BCUT2D eigenvalue weighted by Crippen LogP contribution is -2.52. The number of esters is 1. The van der Waals surface area contributed by atoms with Crippen LogP contribution in [0.4, 0.5) is 0 Å². The molecule has 1 saturated carbocycles. The molecular formula is C20H32N4O5. The van der Waals surface area contributed by atoms with Gasteiger partial charge in [0.05, 0.1) is 7.11 Å². The molecule has 1 unspecified atom stereocenters. The number of nitrogens with zero attached hydrogens (tertiary/aromatic N) is 2. The standard InChI is InChI=1S/C20H32N4O5/c1-5-19(3,18(27)28-4)23-15(26)10-11-16-21-17(24-29-16)20(22-14(2)25)12-8-6-7-9-13-20/h5-13H2,1-4H3,(H,22,25)(H,23,26). The Morgan fingerprint density at radius 3 is 2.41 bits per heavy atom. The molecule has 1 aromatic rings. The molecule has 0 radical (unpaired) electrons. The summed E-state index contributed by atoms with van der Waals surface area (Å²) in [5.74, 6) is -0.109. The molecule has 1 fully saturated rings. The van der Waals surface area contributed by atoms with E-state index in [1.807, 2.05) is 0 Å². The molecule has 0 bridgehead atoms. The fraction of sp³-hybridized carbons (Fsp3) is 0.750. The van der Waals surface area contributed by atoms with Crippen LogP contribution in [0.25, 0.3) is 0 Å². The van der Waals surface area contributed by atoms with Gasteiger partial charge in [-0.1, -0.05) is 37.8 Å². The van der Waals surface area contributed by atoms with Gasteiger partial charge < -0.3 is 19.9 Å². The summed E-state index contributed by atoms with van der Waals surface area (Å²) in [6.45, 7) is 4.92. The van der Waals surface area contributed by atoms with Crippen LogP contribution in [0, 0.1) is 0 Å². The first-order valence-corrected chi connectivity index (χ1v) is 10.3. The molecular weight excluding hydrogens is 376 g/mol. The topological polar surface area (TPSA) is 123 Å². The van der Waals surface area contributed by atoms with Gasteiger partial charge in [0.15, 0.2) is 5.82 Å². The van der Waals surface area contributed by atoms with E-state index >= 15 is 0 Å². The van der Waals surface area contributed by atoms with Gasteiger partial charge in [-0.15, -0.1) is 0 Å². The number of aromatic nitrogens is 2. The van der Waals surface area contributed by atoms with E-state index in [0.29, 0.717) is 18.1 Å². The predicted molar refractivity (Wildman–Crippen MR) is 105 cm³/mol. The summed E-state index contributed by atoms with van der Waals surface area (Å²) >= 11 is 0. The third-order valence-electron chi connectivity index (χ3n) is 5.59. The average Bonchev–Trinajstić information content (AvgIpc) is 3.05. The maximum Gasteiger partial charge on any atom is 0.331 e. The Balaban J connectivity index is 2.04. The molecule has 9 nitrogen and oxygen atoms in total. The zero-order valence-corrected chi connectivity index (χ0v) is 17.8. The van der Waals surface area contributed by atoms with E-state index in [2.05, 4.69) is 20.8 Å². The first-order chi connectivity index (χ1) is 13.7. The zero-order valence-electron chi connectivity index (χ0n) is 17.8. The molecule has 0 spiro atoms. The largest absolute Gasteiger partial charge is 0.467 e. The van der Waals surface area contributed by atoms with Crippen LogP contribution in [0.1, 0.15) is 83.9 Å². The molecule has 0 aromatic carbocycles. The molecule has 2 rings (SSSR count). The third-order valence-corrected chi connectivity index (χ3v) is 5.59. The molecule has 29 heavy (non-hydrogen) atoms. The third kappa shape index (κ3) is 5.77. The molecule has 1 heterocycles. The predicted octanol–water partition coefficient (Wildman–Crippen LogP) is 2.15. The summed E-state index contributed by atoms with van der Waals surface area (Å²) in [6.07, 6.45) is 6.48. The quantitative estimate of drug-likeness (QED) is 0.499. The lowest BCUT2D eigenvalue weighted by atomic mass is 9.89. The Kier molecular flexibility index (Phi) is 7.75. The van der Waals surface area contributed by atoms with Crippen LogP contribution in [0.5, 0.6) is 0 Å². The SMILES string of the molecule is CCC(C)(NC(=O)CCc1nc(C2(NC(C)=O)CCCCCC2)no1)C(=O)OC. The lowest BCUT2D eigenvalue weighted by molar-refractivity contribution is -0.150. The maximum absolute atomic E-state index is 12.3. The van der Waals surface area contributed by atoms with Crippen molar-refractivity contribution in [3.8, 4) is 0 Å². The Hall–Kier alpha value is -2.45. The highest BCUT2D eigenvalue weighted by molar-refractivity contribution is 5.87. The smallest absolute Gasteiger partial charge is 0.331 e. The van der Waals surface area contributed by atoms with Gasteiger partial charge in [-0.25, -0.2) is 4.79 Å². The second-order valence-electron chi connectivity index (χ2n) is 7.91. The van der Waals surface area contributed by atoms with Gasteiger partial charge in [-0.3, -0.25) is 9.59 Å². The van der Waals surface area contributed by atoms with Crippen LogP contribution in [0.2, 0.25) is 0 Å². The highest BCUT2D eigenvalue weighted by atomic mass is 16.5. The van der Waals surface area contributed by atoms with Gasteiger partial charge in [-0.2, -0.15) is 4.98 Å². The van der Waals surface area contributed by atoms with Crippen molar-refractivity contribution in [2.24, 2.45) is 0 Å². The Morgan fingerprint density at radius 1 is 1.21 bits per heavy atom. The summed E-state index contributed by atoms with van der Waals surface area (Å²) in [4.78, 5) is 40.5. The number of methoxy groups -OCH3 is 1. The molecule has 162 valence electrons. The number of amides is 2. The summed E-state index contributed by atoms with van der Waals surface area (Å²) in [5, 5.41) is 9.86. The van der Waals surface area contributed by atoms with Crippen LogP contribution >= 0.6 is 0 Å². The second kappa shape index (κ2) is 9.84. The number of hydrogen-bond donors (Lipinski definition) is 2. The van der Waals surface area contributed by atoms with Crippen molar-refractivity contribution in [2.45, 2.75) is 89.6 Å². The van der Waals surface area contributed by atoms with Crippen molar-refractivity contribution in [2.75, 3.05) is 7.11 Å². The average molecular weight is 408 g/mol. The number of hydrogen-bond acceptors (Lipinski definition) is 7. The van der Waals surface area contributed by atoms with E-state index in [1.54, 1.807) is 13.8 Å². The van der Waals surface area contributed by atoms with Crippen molar-refractivity contribution < 1.29 is 23.6 Å². The maximum atomic E-state index is 12.3. The van der Waals surface area contributed by atoms with E-state index in [1.165, 1.54) is 14.0 Å². The summed E-state index contributed by atoms with van der Waals surface area (Å²) in [7, 11) is 1.29. The molecule has 1 aliphatic carbocycles. The molecule has 1 aliphatic rings. The zero-order chi connectivity index (χ0) is 21.5. The molecule has 2 N–H and O–H groups in total. The Morgan fingerprint density at radius 2 is 1.86 bits per heavy atom. The summed E-state index contributed by atoms with van der Waals surface area (Å²) in [5.41, 5.74) is -1.68. The normalized spacial score (nSPS) is 18.2. The van der Waals surface area contributed by atoms with E-state index in [0.717, 1.165) is 38.5 Å². The van der Waals surface area contributed by atoms with Crippen LogP contribution < -0.4 is 10.6 Å². The molecule has 9 heteroatoms. The van der Waals surface area contributed by atoms with Crippen molar-refractivity contribution in [1.29, 1.82) is 0 Å². The van der Waals surface area contributed by atoms with Crippen molar-refractivity contribution in [3.63, 3.8) is 0 Å². The van der Waals surface area contributed by atoms with Crippen LogP contribution in [0.3, 0.4) is 0 Å². The van der Waals surface area contributed by atoms with Gasteiger partial charge in [0.2, 0.25) is 17.7 Å². The van der Waals surface area contributed by atoms with E-state index in [4.69, 9.17) is 9.26 Å². The van der Waals surface area contributed by atoms with Crippen LogP contribution in [-0.4, -0.2) is 40.6 Å². The fourth-order valence-electron chi connectivity index (χ4n) is 3.72. The summed E-state index contributed by atoms with van der Waals surface area (Å²) in [6, 6.07) is 0. The first-order valence-electron chi connectivity index (χ1n) is 10.3. The van der Waals surface area contributed by atoms with Crippen molar-refractivity contribution >= 4 is 17.8 Å². The number of nitrogens with one attached hydrogen (secondary N) is 2. The van der Waals surface area contributed by atoms with Crippen molar-refractivity contribution in [3.05, 3.63) is 11.7 Å². The van der Waals surface area contributed by atoms with Gasteiger partial charge in [-0.05, 0) is 26.2 Å². The van der Waals surface area contributed by atoms with E-state index in [-0.39, 0.29) is 24.7 Å². The molecule has 0 saturated heterocycles. The van der Waals surface area contributed by atoms with E-state index < -0.39 is 17.0 Å². The molecule has 0 aliphatic heterocycles. The minimum absolute atomic E-state index is 0.0986. The molecule has 1 aromatic heterocycles.